The molecule has 3 rings (SSSR count). The molecule has 0 radical (unpaired) electrons. The molecule has 0 aliphatic rings. The summed E-state index contributed by atoms with van der Waals surface area (Å²) in [7, 11) is 2.79. The Bertz CT molecular complexity index is 982. The zero-order valence-electron chi connectivity index (χ0n) is 14.7. The largest absolute Gasteiger partial charge is 0.493 e. The number of amides is 1. The van der Waals surface area contributed by atoms with Gasteiger partial charge in [-0.3, -0.25) is 4.79 Å². The minimum Gasteiger partial charge on any atom is -0.493 e. The Labute approximate surface area is 155 Å². The number of hydrogen-bond donors (Lipinski definition) is 2. The summed E-state index contributed by atoms with van der Waals surface area (Å²) in [6.07, 6.45) is 3.00. The lowest BCUT2D eigenvalue weighted by Gasteiger charge is -2.14. The molecule has 0 saturated carbocycles. The van der Waals surface area contributed by atoms with Crippen molar-refractivity contribution in [1.29, 1.82) is 0 Å². The first-order valence-electron chi connectivity index (χ1n) is 7.94. The third-order valence-electron chi connectivity index (χ3n) is 3.84. The van der Waals surface area contributed by atoms with Crippen LogP contribution >= 0.6 is 0 Å². The molecule has 0 aliphatic carbocycles. The smallest absolute Gasteiger partial charge is 0.335 e. The van der Waals surface area contributed by atoms with E-state index in [2.05, 4.69) is 10.4 Å². The number of aromatic nitrogens is 2. The fraction of sp³-hybridized carbons (Fsp3) is 0.105. The van der Waals surface area contributed by atoms with Gasteiger partial charge in [0.2, 0.25) is 0 Å². The average molecular weight is 367 g/mol. The highest BCUT2D eigenvalue weighted by Crippen LogP contribution is 2.36. The number of nitrogens with zero attached hydrogens (tertiary/aromatic N) is 2. The molecule has 8 heteroatoms. The first kappa shape index (κ1) is 18.0. The van der Waals surface area contributed by atoms with Crippen molar-refractivity contribution in [2.45, 2.75) is 0 Å². The van der Waals surface area contributed by atoms with Gasteiger partial charge in [-0.05, 0) is 24.3 Å². The summed E-state index contributed by atoms with van der Waals surface area (Å²) >= 11 is 0. The van der Waals surface area contributed by atoms with Crippen LogP contribution in [0.25, 0.3) is 5.69 Å². The maximum Gasteiger partial charge on any atom is 0.335 e. The summed E-state index contributed by atoms with van der Waals surface area (Å²) in [4.78, 5) is 23.9. The molecule has 0 bridgehead atoms. The second-order valence-electron chi connectivity index (χ2n) is 5.53. The van der Waals surface area contributed by atoms with Gasteiger partial charge in [0.15, 0.2) is 11.5 Å². The monoisotopic (exact) mass is 367 g/mol. The van der Waals surface area contributed by atoms with Gasteiger partial charge in [0.1, 0.15) is 0 Å². The van der Waals surface area contributed by atoms with Gasteiger partial charge >= 0.3 is 5.97 Å². The van der Waals surface area contributed by atoms with Crippen LogP contribution in [-0.2, 0) is 0 Å². The quantitative estimate of drug-likeness (QED) is 0.694. The number of para-hydroxylation sites is 1. The van der Waals surface area contributed by atoms with E-state index in [4.69, 9.17) is 9.47 Å². The number of carboxylic acid groups (broad SMARTS) is 1. The van der Waals surface area contributed by atoms with E-state index in [0.717, 1.165) is 5.69 Å². The molecular formula is C19H17N3O5. The van der Waals surface area contributed by atoms with Crippen molar-refractivity contribution in [2.75, 3.05) is 19.5 Å². The normalized spacial score (nSPS) is 10.3. The molecule has 2 aromatic carbocycles. The molecule has 2 N–H and O–H groups in total. The molecule has 0 unspecified atom stereocenters. The number of carbonyl (C=O) groups excluding carboxylic acids is 1. The average Bonchev–Trinajstić information content (AvgIpc) is 3.18. The summed E-state index contributed by atoms with van der Waals surface area (Å²) < 4.78 is 12.0. The third kappa shape index (κ3) is 3.74. The SMILES string of the molecule is COc1cc(C(=O)O)cc(NC(=O)c2cnn(-c3ccccc3)c2)c1OC. The van der Waals surface area contributed by atoms with Crippen molar-refractivity contribution in [3.63, 3.8) is 0 Å². The molecule has 0 saturated heterocycles. The molecule has 0 atom stereocenters. The number of nitrogens with one attached hydrogen (secondary N) is 1. The lowest BCUT2D eigenvalue weighted by Crippen LogP contribution is -2.13. The predicted octanol–water partition coefficient (Wildman–Crippen LogP) is 2.84. The molecule has 1 amide bonds. The standard InChI is InChI=1S/C19H17N3O5/c1-26-16-9-12(19(24)25)8-15(17(16)27-2)21-18(23)13-10-20-22(11-13)14-6-4-3-5-7-14/h3-11H,1-2H3,(H,21,23)(H,24,25). The lowest BCUT2D eigenvalue weighted by atomic mass is 10.1. The zero-order valence-corrected chi connectivity index (χ0v) is 14.7. The zero-order chi connectivity index (χ0) is 19.4. The van der Waals surface area contributed by atoms with E-state index in [-0.39, 0.29) is 22.7 Å². The van der Waals surface area contributed by atoms with Crippen molar-refractivity contribution in [2.24, 2.45) is 0 Å². The third-order valence-corrected chi connectivity index (χ3v) is 3.84. The minimum absolute atomic E-state index is 0.0390. The Morgan fingerprint density at radius 2 is 1.81 bits per heavy atom. The molecule has 1 aromatic heterocycles. The second-order valence-corrected chi connectivity index (χ2v) is 5.53. The summed E-state index contributed by atoms with van der Waals surface area (Å²) in [6, 6.07) is 12.0. The van der Waals surface area contributed by atoms with E-state index in [1.165, 1.54) is 32.5 Å². The van der Waals surface area contributed by atoms with E-state index >= 15 is 0 Å². The molecule has 1 heterocycles. The van der Waals surface area contributed by atoms with Crippen LogP contribution in [0.1, 0.15) is 20.7 Å². The van der Waals surface area contributed by atoms with Gasteiger partial charge in [0.25, 0.3) is 5.91 Å². The Morgan fingerprint density at radius 3 is 2.44 bits per heavy atom. The van der Waals surface area contributed by atoms with Crippen LogP contribution in [0.3, 0.4) is 0 Å². The first-order chi connectivity index (χ1) is 13.0. The maximum absolute atomic E-state index is 12.6. The molecule has 138 valence electrons. The summed E-state index contributed by atoms with van der Waals surface area (Å²) in [6.45, 7) is 0. The lowest BCUT2D eigenvalue weighted by molar-refractivity contribution is 0.0696. The fourth-order valence-electron chi connectivity index (χ4n) is 2.54. The van der Waals surface area contributed by atoms with Crippen molar-refractivity contribution in [3.05, 3.63) is 66.0 Å². The molecule has 0 aliphatic heterocycles. The predicted molar refractivity (Wildman–Crippen MR) is 98.0 cm³/mol. The Kier molecular flexibility index (Phi) is 5.07. The number of ether oxygens (including phenoxy) is 2. The second kappa shape index (κ2) is 7.61. The molecular weight excluding hydrogens is 350 g/mol. The van der Waals surface area contributed by atoms with Crippen LogP contribution < -0.4 is 14.8 Å². The minimum atomic E-state index is -1.15. The number of anilines is 1. The van der Waals surface area contributed by atoms with Gasteiger partial charge in [-0.25, -0.2) is 9.48 Å². The highest BCUT2D eigenvalue weighted by molar-refractivity contribution is 6.05. The van der Waals surface area contributed by atoms with Gasteiger partial charge in [0.05, 0.1) is 42.9 Å². The van der Waals surface area contributed by atoms with Crippen molar-refractivity contribution in [3.8, 4) is 17.2 Å². The van der Waals surface area contributed by atoms with E-state index in [1.54, 1.807) is 10.9 Å². The van der Waals surface area contributed by atoms with E-state index in [9.17, 15) is 14.7 Å². The Morgan fingerprint density at radius 1 is 1.07 bits per heavy atom. The molecule has 8 nitrogen and oxygen atoms in total. The van der Waals surface area contributed by atoms with Gasteiger partial charge in [-0.15, -0.1) is 0 Å². The van der Waals surface area contributed by atoms with Crippen LogP contribution in [-0.4, -0.2) is 41.0 Å². The summed E-state index contributed by atoms with van der Waals surface area (Å²) in [5.74, 6) is -1.18. The van der Waals surface area contributed by atoms with Crippen LogP contribution in [0, 0.1) is 0 Å². The molecule has 0 spiro atoms. The van der Waals surface area contributed by atoms with Crippen molar-refractivity contribution in [1.82, 2.24) is 9.78 Å². The number of benzene rings is 2. The van der Waals surface area contributed by atoms with Crippen LogP contribution in [0.2, 0.25) is 0 Å². The van der Waals surface area contributed by atoms with E-state index in [0.29, 0.717) is 5.56 Å². The van der Waals surface area contributed by atoms with Gasteiger partial charge in [-0.1, -0.05) is 18.2 Å². The van der Waals surface area contributed by atoms with Crippen LogP contribution in [0.15, 0.2) is 54.9 Å². The van der Waals surface area contributed by atoms with E-state index < -0.39 is 11.9 Å². The number of carboxylic acids is 1. The van der Waals surface area contributed by atoms with Crippen molar-refractivity contribution >= 4 is 17.6 Å². The summed E-state index contributed by atoms with van der Waals surface area (Å²) in [5.41, 5.74) is 1.26. The number of hydrogen-bond acceptors (Lipinski definition) is 5. The highest BCUT2D eigenvalue weighted by Gasteiger charge is 2.19. The fourth-order valence-corrected chi connectivity index (χ4v) is 2.54. The highest BCUT2D eigenvalue weighted by atomic mass is 16.5. The van der Waals surface area contributed by atoms with Gasteiger partial charge < -0.3 is 19.9 Å². The first-order valence-corrected chi connectivity index (χ1v) is 7.94. The Balaban J connectivity index is 1.91. The Hall–Kier alpha value is -3.81. The topological polar surface area (TPSA) is 103 Å². The van der Waals surface area contributed by atoms with Crippen LogP contribution in [0.5, 0.6) is 11.5 Å². The number of carbonyl (C=O) groups is 2. The maximum atomic E-state index is 12.6. The van der Waals surface area contributed by atoms with E-state index in [1.807, 2.05) is 30.3 Å². The van der Waals surface area contributed by atoms with Crippen molar-refractivity contribution < 1.29 is 24.2 Å². The number of rotatable bonds is 6. The molecule has 3 aromatic rings. The van der Waals surface area contributed by atoms with Crippen LogP contribution in [0.4, 0.5) is 5.69 Å². The van der Waals surface area contributed by atoms with Gasteiger partial charge in [-0.2, -0.15) is 5.10 Å². The summed E-state index contributed by atoms with van der Waals surface area (Å²) in [5, 5.41) is 16.1. The number of methoxy groups -OCH3 is 2. The molecule has 0 fully saturated rings. The van der Waals surface area contributed by atoms with Gasteiger partial charge in [0, 0.05) is 6.20 Å². The number of aromatic carboxylic acids is 1. The molecule has 27 heavy (non-hydrogen) atoms.